The summed E-state index contributed by atoms with van der Waals surface area (Å²) >= 11 is 5.75. The van der Waals surface area contributed by atoms with Gasteiger partial charge in [-0.15, -0.1) is 0 Å². The molecule has 0 spiro atoms. The molecule has 0 radical (unpaired) electrons. The maximum absolute atomic E-state index is 14.1. The van der Waals surface area contributed by atoms with Crippen LogP contribution < -0.4 is 11.1 Å². The lowest BCUT2D eigenvalue weighted by Crippen LogP contribution is -2.56. The zero-order valence-corrected chi connectivity index (χ0v) is 19.2. The van der Waals surface area contributed by atoms with Crippen molar-refractivity contribution in [1.82, 2.24) is 20.0 Å². The number of halogens is 4. The van der Waals surface area contributed by atoms with Gasteiger partial charge in [-0.1, -0.05) is 41.9 Å². The summed E-state index contributed by atoms with van der Waals surface area (Å²) in [6, 6.07) is 10.3. The van der Waals surface area contributed by atoms with Gasteiger partial charge in [0.1, 0.15) is 24.3 Å². The quantitative estimate of drug-likeness (QED) is 0.404. The van der Waals surface area contributed by atoms with Gasteiger partial charge < -0.3 is 21.1 Å². The van der Waals surface area contributed by atoms with Crippen molar-refractivity contribution < 1.29 is 27.9 Å². The molecule has 4 rings (SSSR count). The number of benzene rings is 2. The van der Waals surface area contributed by atoms with Gasteiger partial charge in [0, 0.05) is 36.4 Å². The maximum Gasteiger partial charge on any atom is 0.252 e. The first-order valence-electron chi connectivity index (χ1n) is 10.8. The van der Waals surface area contributed by atoms with E-state index in [1.54, 1.807) is 24.3 Å². The highest BCUT2D eigenvalue weighted by Crippen LogP contribution is 2.40. The van der Waals surface area contributed by atoms with Crippen LogP contribution in [0.4, 0.5) is 13.2 Å². The second kappa shape index (κ2) is 9.84. The highest BCUT2D eigenvalue weighted by atomic mass is 35.5. The van der Waals surface area contributed by atoms with E-state index in [1.807, 2.05) is 0 Å². The molecule has 1 saturated carbocycles. The van der Waals surface area contributed by atoms with E-state index in [9.17, 15) is 27.9 Å². The monoisotopic (exact) mass is 509 g/mol. The molecule has 2 amide bonds. The van der Waals surface area contributed by atoms with Gasteiger partial charge in [-0.05, 0) is 12.1 Å². The van der Waals surface area contributed by atoms with Crippen LogP contribution in [0.2, 0.25) is 5.02 Å². The number of rotatable bonds is 8. The SMILES string of the molecule is NC(O)c1nn(CC(=O)N(CC(=O)NCc2cccc(Cl)c2F)C2CC(F)(F)C2)c2ccccc12. The van der Waals surface area contributed by atoms with Crippen LogP contribution >= 0.6 is 11.6 Å². The van der Waals surface area contributed by atoms with Crippen LogP contribution in [0.15, 0.2) is 42.5 Å². The first-order chi connectivity index (χ1) is 16.6. The van der Waals surface area contributed by atoms with Crippen molar-refractivity contribution >= 4 is 34.3 Å². The Balaban J connectivity index is 1.50. The zero-order chi connectivity index (χ0) is 25.3. The van der Waals surface area contributed by atoms with E-state index in [2.05, 4.69) is 10.4 Å². The molecule has 0 aliphatic heterocycles. The van der Waals surface area contributed by atoms with Gasteiger partial charge >= 0.3 is 0 Å². The number of aromatic nitrogens is 2. The van der Waals surface area contributed by atoms with Crippen molar-refractivity contribution in [1.29, 1.82) is 0 Å². The summed E-state index contributed by atoms with van der Waals surface area (Å²) in [5.74, 6) is -4.85. The average Bonchev–Trinajstić information content (AvgIpc) is 3.15. The molecule has 12 heteroatoms. The molecule has 4 N–H and O–H groups in total. The Morgan fingerprint density at radius 2 is 1.97 bits per heavy atom. The fourth-order valence-electron chi connectivity index (χ4n) is 4.07. The number of nitrogens with two attached hydrogens (primary N) is 1. The number of nitrogens with one attached hydrogen (secondary N) is 1. The Hall–Kier alpha value is -3.15. The molecule has 1 unspecified atom stereocenters. The molecule has 1 aliphatic rings. The molecule has 1 heterocycles. The first kappa shape index (κ1) is 25.0. The molecule has 0 saturated heterocycles. The van der Waals surface area contributed by atoms with Crippen molar-refractivity contribution in [2.24, 2.45) is 5.73 Å². The zero-order valence-electron chi connectivity index (χ0n) is 18.4. The minimum atomic E-state index is -2.92. The highest BCUT2D eigenvalue weighted by Gasteiger charge is 2.49. The number of aliphatic hydroxyl groups is 1. The van der Waals surface area contributed by atoms with E-state index in [-0.39, 0.29) is 29.4 Å². The third-order valence-electron chi connectivity index (χ3n) is 5.90. The largest absolute Gasteiger partial charge is 0.373 e. The Kier molecular flexibility index (Phi) is 7.02. The van der Waals surface area contributed by atoms with Crippen molar-refractivity contribution in [3.63, 3.8) is 0 Å². The Morgan fingerprint density at radius 3 is 2.66 bits per heavy atom. The fraction of sp³-hybridized carbons (Fsp3) is 0.348. The highest BCUT2D eigenvalue weighted by molar-refractivity contribution is 6.30. The second-order valence-electron chi connectivity index (χ2n) is 8.43. The first-order valence-corrected chi connectivity index (χ1v) is 11.2. The number of hydrogen-bond donors (Lipinski definition) is 3. The number of para-hydroxylation sites is 1. The normalized spacial score (nSPS) is 16.1. The van der Waals surface area contributed by atoms with Gasteiger partial charge in [0.15, 0.2) is 0 Å². The summed E-state index contributed by atoms with van der Waals surface area (Å²) in [7, 11) is 0. The molecule has 1 fully saturated rings. The van der Waals surface area contributed by atoms with Crippen molar-refractivity contribution in [3.05, 3.63) is 64.6 Å². The summed E-state index contributed by atoms with van der Waals surface area (Å²) in [6.45, 7) is -1.03. The van der Waals surface area contributed by atoms with E-state index in [1.165, 1.54) is 22.9 Å². The lowest BCUT2D eigenvalue weighted by molar-refractivity contribution is -0.157. The number of nitrogens with zero attached hydrogens (tertiary/aromatic N) is 3. The van der Waals surface area contributed by atoms with E-state index in [4.69, 9.17) is 17.3 Å². The van der Waals surface area contributed by atoms with Gasteiger partial charge in [-0.3, -0.25) is 14.3 Å². The van der Waals surface area contributed by atoms with Gasteiger partial charge in [0.2, 0.25) is 11.8 Å². The van der Waals surface area contributed by atoms with Crippen LogP contribution in [0.5, 0.6) is 0 Å². The molecule has 186 valence electrons. The molecule has 1 aliphatic carbocycles. The van der Waals surface area contributed by atoms with E-state index >= 15 is 0 Å². The maximum atomic E-state index is 14.1. The van der Waals surface area contributed by atoms with Crippen molar-refractivity contribution in [2.45, 2.75) is 44.1 Å². The molecule has 3 aromatic rings. The van der Waals surface area contributed by atoms with Crippen LogP contribution in [-0.2, 0) is 22.7 Å². The Labute approximate surface area is 203 Å². The Morgan fingerprint density at radius 1 is 1.26 bits per heavy atom. The van der Waals surface area contributed by atoms with Gasteiger partial charge in [0.05, 0.1) is 17.1 Å². The van der Waals surface area contributed by atoms with E-state index in [0.717, 1.165) is 4.90 Å². The van der Waals surface area contributed by atoms with Gasteiger partial charge in [-0.2, -0.15) is 5.10 Å². The number of carbonyl (C=O) groups is 2. The molecule has 35 heavy (non-hydrogen) atoms. The summed E-state index contributed by atoms with van der Waals surface area (Å²) in [4.78, 5) is 26.8. The smallest absolute Gasteiger partial charge is 0.252 e. The summed E-state index contributed by atoms with van der Waals surface area (Å²) in [5.41, 5.74) is 6.40. The third-order valence-corrected chi connectivity index (χ3v) is 6.19. The summed E-state index contributed by atoms with van der Waals surface area (Å²) in [5, 5.41) is 17.0. The topological polar surface area (TPSA) is 113 Å². The predicted molar refractivity (Wildman–Crippen MR) is 122 cm³/mol. The number of carbonyl (C=O) groups excluding carboxylic acids is 2. The summed E-state index contributed by atoms with van der Waals surface area (Å²) in [6.07, 6.45) is -2.52. The fourth-order valence-corrected chi connectivity index (χ4v) is 4.27. The molecule has 1 aromatic heterocycles. The molecule has 2 aromatic carbocycles. The van der Waals surface area contributed by atoms with Crippen LogP contribution in [-0.4, -0.2) is 50.1 Å². The molecular weight excluding hydrogens is 487 g/mol. The molecular formula is C23H23ClF3N5O3. The molecule has 1 atom stereocenters. The minimum absolute atomic E-state index is 0.0985. The number of fused-ring (bicyclic) bond motifs is 1. The van der Waals surface area contributed by atoms with Crippen molar-refractivity contribution in [2.75, 3.05) is 6.54 Å². The molecule has 0 bridgehead atoms. The van der Waals surface area contributed by atoms with E-state index in [0.29, 0.717) is 10.9 Å². The number of aliphatic hydroxyl groups excluding tert-OH is 1. The average molecular weight is 510 g/mol. The lowest BCUT2D eigenvalue weighted by atomic mass is 9.86. The van der Waals surface area contributed by atoms with E-state index < -0.39 is 55.2 Å². The van der Waals surface area contributed by atoms with Crippen LogP contribution in [0.25, 0.3) is 10.9 Å². The lowest BCUT2D eigenvalue weighted by Gasteiger charge is -2.42. The second-order valence-corrected chi connectivity index (χ2v) is 8.84. The number of hydrogen-bond acceptors (Lipinski definition) is 5. The molecule has 8 nitrogen and oxygen atoms in total. The van der Waals surface area contributed by atoms with Crippen LogP contribution in [0, 0.1) is 5.82 Å². The number of amides is 2. The van der Waals surface area contributed by atoms with Crippen LogP contribution in [0.3, 0.4) is 0 Å². The standard InChI is InChI=1S/C23H23ClF3N5O3/c24-16-6-3-4-13(20(16)25)10-29-18(33)11-31(14-8-23(26,27)9-14)19(34)12-32-17-7-2-1-5-15(17)21(30-32)22(28)35/h1-7,14,22,35H,8-12,28H2,(H,29,33). The third kappa shape index (κ3) is 5.42. The van der Waals surface area contributed by atoms with Gasteiger partial charge in [-0.25, -0.2) is 13.2 Å². The van der Waals surface area contributed by atoms with Crippen molar-refractivity contribution in [3.8, 4) is 0 Å². The Bertz CT molecular complexity index is 1260. The summed E-state index contributed by atoms with van der Waals surface area (Å²) < 4.78 is 42.5. The predicted octanol–water partition coefficient (Wildman–Crippen LogP) is 2.72. The minimum Gasteiger partial charge on any atom is -0.373 e. The number of alkyl halides is 2. The van der Waals surface area contributed by atoms with Crippen LogP contribution in [0.1, 0.15) is 30.3 Å². The van der Waals surface area contributed by atoms with Gasteiger partial charge in [0.25, 0.3) is 5.92 Å².